The van der Waals surface area contributed by atoms with Gasteiger partial charge in [0, 0.05) is 23.5 Å². The minimum atomic E-state index is 0.454. The van der Waals surface area contributed by atoms with Crippen LogP contribution in [0, 0.1) is 0 Å². The highest BCUT2D eigenvalue weighted by molar-refractivity contribution is 5.59. The molecule has 0 amide bonds. The summed E-state index contributed by atoms with van der Waals surface area (Å²) in [4.78, 5) is 10.4. The molecule has 1 aliphatic rings. The van der Waals surface area contributed by atoms with Gasteiger partial charge in [0.05, 0.1) is 6.61 Å². The monoisotopic (exact) mass is 176 g/mol. The van der Waals surface area contributed by atoms with Crippen LogP contribution in [0.1, 0.15) is 24.0 Å². The Bertz CT molecular complexity index is 331. The van der Waals surface area contributed by atoms with Crippen LogP contribution in [0.3, 0.4) is 0 Å². The van der Waals surface area contributed by atoms with Gasteiger partial charge in [-0.1, -0.05) is 25.1 Å². The Morgan fingerprint density at radius 1 is 1.62 bits per heavy atom. The molecule has 0 radical (unpaired) electrons. The quantitative estimate of drug-likeness (QED) is 0.643. The maximum absolute atomic E-state index is 10.4. The molecule has 2 heteroatoms. The highest BCUT2D eigenvalue weighted by Crippen LogP contribution is 2.36. The number of rotatable bonds is 2. The molecule has 0 N–H and O–H groups in total. The van der Waals surface area contributed by atoms with E-state index in [9.17, 15) is 4.79 Å². The molecule has 1 heterocycles. The summed E-state index contributed by atoms with van der Waals surface area (Å²) >= 11 is 0. The Hall–Kier alpha value is -1.31. The molecule has 0 saturated heterocycles. The maximum atomic E-state index is 10.4. The van der Waals surface area contributed by atoms with Crippen LogP contribution in [0.25, 0.3) is 0 Å². The second kappa shape index (κ2) is 3.21. The lowest BCUT2D eigenvalue weighted by Gasteiger charge is -2.04. The van der Waals surface area contributed by atoms with Gasteiger partial charge in [-0.05, 0) is 0 Å². The van der Waals surface area contributed by atoms with Crippen LogP contribution < -0.4 is 4.74 Å². The molecule has 1 aliphatic heterocycles. The number of carbonyl (C=O) groups is 1. The molecule has 0 spiro atoms. The smallest absolute Gasteiger partial charge is 0.126 e. The zero-order chi connectivity index (χ0) is 9.26. The van der Waals surface area contributed by atoms with Crippen molar-refractivity contribution in [2.75, 3.05) is 6.61 Å². The van der Waals surface area contributed by atoms with Gasteiger partial charge in [0.15, 0.2) is 0 Å². The first-order valence-electron chi connectivity index (χ1n) is 4.51. The van der Waals surface area contributed by atoms with Crippen molar-refractivity contribution in [3.05, 3.63) is 29.3 Å². The van der Waals surface area contributed by atoms with Crippen molar-refractivity contribution in [1.82, 2.24) is 0 Å². The van der Waals surface area contributed by atoms with Gasteiger partial charge in [-0.3, -0.25) is 0 Å². The molecule has 1 unspecified atom stereocenters. The lowest BCUT2D eigenvalue weighted by molar-refractivity contribution is -0.107. The molecule has 0 aliphatic carbocycles. The van der Waals surface area contributed by atoms with Gasteiger partial charge in [0.1, 0.15) is 12.0 Å². The van der Waals surface area contributed by atoms with Crippen LogP contribution in [-0.4, -0.2) is 12.9 Å². The van der Waals surface area contributed by atoms with E-state index in [1.807, 2.05) is 12.1 Å². The average molecular weight is 176 g/mol. The van der Waals surface area contributed by atoms with Gasteiger partial charge in [-0.25, -0.2) is 0 Å². The second-order valence-electron chi connectivity index (χ2n) is 3.42. The standard InChI is InChI=1S/C11H12O2/c1-8-7-13-11-9(5-6-12)3-2-4-10(8)11/h2-4,6,8H,5,7H2,1H3. The van der Waals surface area contributed by atoms with Crippen molar-refractivity contribution in [2.24, 2.45) is 0 Å². The molecule has 1 aromatic rings. The van der Waals surface area contributed by atoms with E-state index < -0.39 is 0 Å². The first kappa shape index (κ1) is 8.30. The van der Waals surface area contributed by atoms with E-state index in [2.05, 4.69) is 13.0 Å². The van der Waals surface area contributed by atoms with Crippen molar-refractivity contribution in [3.63, 3.8) is 0 Å². The molecule has 1 aromatic carbocycles. The zero-order valence-electron chi connectivity index (χ0n) is 7.62. The number of hydrogen-bond donors (Lipinski definition) is 0. The van der Waals surface area contributed by atoms with Crippen molar-refractivity contribution < 1.29 is 9.53 Å². The van der Waals surface area contributed by atoms with Gasteiger partial charge in [-0.15, -0.1) is 0 Å². The summed E-state index contributed by atoms with van der Waals surface area (Å²) in [6.07, 6.45) is 1.37. The van der Waals surface area contributed by atoms with Gasteiger partial charge in [0.2, 0.25) is 0 Å². The summed E-state index contributed by atoms with van der Waals surface area (Å²) in [6.45, 7) is 2.88. The van der Waals surface area contributed by atoms with Gasteiger partial charge in [0.25, 0.3) is 0 Å². The second-order valence-corrected chi connectivity index (χ2v) is 3.42. The highest BCUT2D eigenvalue weighted by atomic mass is 16.5. The van der Waals surface area contributed by atoms with Crippen LogP contribution in [0.4, 0.5) is 0 Å². The third-order valence-electron chi connectivity index (χ3n) is 2.44. The number of hydrogen-bond acceptors (Lipinski definition) is 2. The highest BCUT2D eigenvalue weighted by Gasteiger charge is 2.21. The third kappa shape index (κ3) is 1.32. The molecule has 2 nitrogen and oxygen atoms in total. The Morgan fingerprint density at radius 3 is 3.23 bits per heavy atom. The third-order valence-corrected chi connectivity index (χ3v) is 2.44. The van der Waals surface area contributed by atoms with E-state index >= 15 is 0 Å². The molecule has 0 bridgehead atoms. The molecule has 0 saturated carbocycles. The molecule has 1 atom stereocenters. The number of aldehydes is 1. The van der Waals surface area contributed by atoms with Crippen LogP contribution in [0.15, 0.2) is 18.2 Å². The lowest BCUT2D eigenvalue weighted by Crippen LogP contribution is -1.94. The van der Waals surface area contributed by atoms with E-state index in [-0.39, 0.29) is 0 Å². The van der Waals surface area contributed by atoms with Gasteiger partial charge in [-0.2, -0.15) is 0 Å². The van der Waals surface area contributed by atoms with E-state index in [1.165, 1.54) is 5.56 Å². The van der Waals surface area contributed by atoms with Gasteiger partial charge >= 0.3 is 0 Å². The fourth-order valence-corrected chi connectivity index (χ4v) is 1.72. The van der Waals surface area contributed by atoms with E-state index in [4.69, 9.17) is 4.74 Å². The van der Waals surface area contributed by atoms with E-state index in [0.717, 1.165) is 24.2 Å². The van der Waals surface area contributed by atoms with Crippen molar-refractivity contribution >= 4 is 6.29 Å². The predicted octanol–water partition coefficient (Wildman–Crippen LogP) is 1.92. The zero-order valence-corrected chi connectivity index (χ0v) is 7.62. The lowest BCUT2D eigenvalue weighted by atomic mass is 10.00. The number of ether oxygens (including phenoxy) is 1. The van der Waals surface area contributed by atoms with Crippen LogP contribution in [0.2, 0.25) is 0 Å². The minimum absolute atomic E-state index is 0.454. The normalized spacial score (nSPS) is 19.3. The van der Waals surface area contributed by atoms with E-state index in [1.54, 1.807) is 0 Å². The Kier molecular flexibility index (Phi) is 2.05. The molecule has 68 valence electrons. The first-order chi connectivity index (χ1) is 6.33. The maximum Gasteiger partial charge on any atom is 0.126 e. The molecule has 2 rings (SSSR count). The first-order valence-corrected chi connectivity index (χ1v) is 4.51. The number of carbonyl (C=O) groups excluding carboxylic acids is 1. The van der Waals surface area contributed by atoms with Crippen molar-refractivity contribution in [1.29, 1.82) is 0 Å². The average Bonchev–Trinajstić information content (AvgIpc) is 2.50. The summed E-state index contributed by atoms with van der Waals surface area (Å²) in [5.41, 5.74) is 2.25. The summed E-state index contributed by atoms with van der Waals surface area (Å²) in [6, 6.07) is 6.01. The Labute approximate surface area is 77.5 Å². The summed E-state index contributed by atoms with van der Waals surface area (Å²) in [5.74, 6) is 1.39. The van der Waals surface area contributed by atoms with Gasteiger partial charge < -0.3 is 9.53 Å². The molecule has 0 aromatic heterocycles. The molecular weight excluding hydrogens is 164 g/mol. The van der Waals surface area contributed by atoms with Crippen molar-refractivity contribution in [2.45, 2.75) is 19.3 Å². The van der Waals surface area contributed by atoms with E-state index in [0.29, 0.717) is 12.3 Å². The van der Waals surface area contributed by atoms with Crippen LogP contribution in [-0.2, 0) is 11.2 Å². The van der Waals surface area contributed by atoms with Crippen LogP contribution >= 0.6 is 0 Å². The van der Waals surface area contributed by atoms with Crippen LogP contribution in [0.5, 0.6) is 5.75 Å². The Morgan fingerprint density at radius 2 is 2.46 bits per heavy atom. The fourth-order valence-electron chi connectivity index (χ4n) is 1.72. The molecular formula is C11H12O2. The number of benzene rings is 1. The number of fused-ring (bicyclic) bond motifs is 1. The predicted molar refractivity (Wildman–Crippen MR) is 50.1 cm³/mol. The largest absolute Gasteiger partial charge is 0.492 e. The summed E-state index contributed by atoms with van der Waals surface area (Å²) < 4.78 is 5.54. The van der Waals surface area contributed by atoms with Crippen molar-refractivity contribution in [3.8, 4) is 5.75 Å². The summed E-state index contributed by atoms with van der Waals surface area (Å²) in [5, 5.41) is 0. The molecule has 13 heavy (non-hydrogen) atoms. The number of para-hydroxylation sites is 1. The topological polar surface area (TPSA) is 26.3 Å². The minimum Gasteiger partial charge on any atom is -0.492 e. The summed E-state index contributed by atoms with van der Waals surface area (Å²) in [7, 11) is 0. The SMILES string of the molecule is CC1COc2c(CC=O)cccc21. The molecule has 0 fully saturated rings. The Balaban J connectivity index is 2.44. The fraction of sp³-hybridized carbons (Fsp3) is 0.364.